The van der Waals surface area contributed by atoms with Gasteiger partial charge in [0.25, 0.3) is 11.7 Å². The van der Waals surface area contributed by atoms with Crippen LogP contribution in [0.4, 0.5) is 5.69 Å². The maximum absolute atomic E-state index is 13.3. The van der Waals surface area contributed by atoms with Crippen LogP contribution in [0.2, 0.25) is 0 Å². The fourth-order valence-corrected chi connectivity index (χ4v) is 4.16. The number of aryl methyl sites for hydroxylation is 1. The van der Waals surface area contributed by atoms with E-state index < -0.39 is 17.7 Å². The standard InChI is InChI=1S/C29H29NO5/c1-18(2)17-35-23-13-9-20(10-14-23)27(31)25-26(24-8-6-5-7-19(24)3)30(29(33)28(25)32)21-11-15-22(34-4)16-12-21/h5-16,18,26,31H,17H2,1-4H3/b27-25-. The Labute approximate surface area is 205 Å². The quantitative estimate of drug-likeness (QED) is 0.273. The number of aliphatic hydroxyl groups is 1. The van der Waals surface area contributed by atoms with Crippen molar-refractivity contribution in [1.82, 2.24) is 0 Å². The lowest BCUT2D eigenvalue weighted by Crippen LogP contribution is -2.29. The summed E-state index contributed by atoms with van der Waals surface area (Å²) in [5.74, 6) is 0.0460. The van der Waals surface area contributed by atoms with Gasteiger partial charge in [0.2, 0.25) is 0 Å². The third-order valence-corrected chi connectivity index (χ3v) is 5.99. The summed E-state index contributed by atoms with van der Waals surface area (Å²) < 4.78 is 11.0. The zero-order chi connectivity index (χ0) is 25.1. The molecule has 0 aliphatic carbocycles. The van der Waals surface area contributed by atoms with Gasteiger partial charge in [-0.05, 0) is 72.5 Å². The first-order valence-electron chi connectivity index (χ1n) is 11.6. The summed E-state index contributed by atoms with van der Waals surface area (Å²) in [6.45, 7) is 6.62. The third-order valence-electron chi connectivity index (χ3n) is 5.99. The van der Waals surface area contributed by atoms with Crippen molar-refractivity contribution in [2.75, 3.05) is 18.6 Å². The normalized spacial score (nSPS) is 17.2. The lowest BCUT2D eigenvalue weighted by Gasteiger charge is -2.26. The summed E-state index contributed by atoms with van der Waals surface area (Å²) in [7, 11) is 1.56. The van der Waals surface area contributed by atoms with Gasteiger partial charge < -0.3 is 14.6 Å². The predicted octanol–water partition coefficient (Wildman–Crippen LogP) is 5.66. The summed E-state index contributed by atoms with van der Waals surface area (Å²) in [5.41, 5.74) is 2.70. The van der Waals surface area contributed by atoms with Gasteiger partial charge >= 0.3 is 0 Å². The van der Waals surface area contributed by atoms with E-state index in [0.717, 1.165) is 11.1 Å². The summed E-state index contributed by atoms with van der Waals surface area (Å²) in [4.78, 5) is 28.0. The molecule has 35 heavy (non-hydrogen) atoms. The van der Waals surface area contributed by atoms with Crippen LogP contribution in [-0.2, 0) is 9.59 Å². The third kappa shape index (κ3) is 4.78. The molecule has 1 N–H and O–H groups in total. The number of carbonyl (C=O) groups excluding carboxylic acids is 2. The first-order valence-corrected chi connectivity index (χ1v) is 11.6. The molecule has 1 saturated heterocycles. The number of hydrogen-bond donors (Lipinski definition) is 1. The van der Waals surface area contributed by atoms with Gasteiger partial charge in [0, 0.05) is 11.3 Å². The van der Waals surface area contributed by atoms with Crippen LogP contribution >= 0.6 is 0 Å². The Morgan fingerprint density at radius 2 is 1.57 bits per heavy atom. The molecule has 0 aromatic heterocycles. The average molecular weight is 472 g/mol. The maximum Gasteiger partial charge on any atom is 0.300 e. The Morgan fingerprint density at radius 1 is 0.943 bits per heavy atom. The Kier molecular flexibility index (Phi) is 6.92. The summed E-state index contributed by atoms with van der Waals surface area (Å²) in [5, 5.41) is 11.3. The van der Waals surface area contributed by atoms with Crippen molar-refractivity contribution in [2.24, 2.45) is 5.92 Å². The van der Waals surface area contributed by atoms with Crippen molar-refractivity contribution in [3.05, 3.63) is 95.1 Å². The van der Waals surface area contributed by atoms with Crippen molar-refractivity contribution in [2.45, 2.75) is 26.8 Å². The molecule has 1 fully saturated rings. The van der Waals surface area contributed by atoms with Crippen LogP contribution in [0.1, 0.15) is 36.6 Å². The Morgan fingerprint density at radius 3 is 2.17 bits per heavy atom. The fraction of sp³-hybridized carbons (Fsp3) is 0.241. The highest BCUT2D eigenvalue weighted by Crippen LogP contribution is 2.43. The first-order chi connectivity index (χ1) is 16.8. The van der Waals surface area contributed by atoms with E-state index in [0.29, 0.717) is 35.3 Å². The number of carbonyl (C=O) groups is 2. The van der Waals surface area contributed by atoms with Crippen LogP contribution in [0.5, 0.6) is 11.5 Å². The van der Waals surface area contributed by atoms with Gasteiger partial charge in [-0.3, -0.25) is 14.5 Å². The molecule has 180 valence electrons. The molecule has 1 amide bonds. The molecule has 1 heterocycles. The minimum Gasteiger partial charge on any atom is -0.507 e. The second-order valence-electron chi connectivity index (χ2n) is 8.95. The fourth-order valence-electron chi connectivity index (χ4n) is 4.16. The van der Waals surface area contributed by atoms with Gasteiger partial charge in [-0.2, -0.15) is 0 Å². The van der Waals surface area contributed by atoms with Crippen molar-refractivity contribution in [3.8, 4) is 11.5 Å². The number of nitrogens with zero attached hydrogens (tertiary/aromatic N) is 1. The Balaban J connectivity index is 1.82. The zero-order valence-corrected chi connectivity index (χ0v) is 20.3. The molecule has 1 unspecified atom stereocenters. The largest absolute Gasteiger partial charge is 0.507 e. The minimum absolute atomic E-state index is 0.0518. The molecule has 6 nitrogen and oxygen atoms in total. The highest BCUT2D eigenvalue weighted by molar-refractivity contribution is 6.51. The first kappa shape index (κ1) is 24.1. The number of benzene rings is 3. The molecule has 0 radical (unpaired) electrons. The SMILES string of the molecule is COc1ccc(N2C(=O)C(=O)/C(=C(\O)c3ccc(OCC(C)C)cc3)C2c2ccccc2C)cc1. The van der Waals surface area contributed by atoms with Gasteiger partial charge in [-0.25, -0.2) is 0 Å². The van der Waals surface area contributed by atoms with Gasteiger partial charge in [0.1, 0.15) is 17.3 Å². The second kappa shape index (κ2) is 10.1. The Bertz CT molecular complexity index is 1260. The Hall–Kier alpha value is -4.06. The number of hydrogen-bond acceptors (Lipinski definition) is 5. The lowest BCUT2D eigenvalue weighted by atomic mass is 9.92. The van der Waals surface area contributed by atoms with Crippen molar-refractivity contribution in [3.63, 3.8) is 0 Å². The van der Waals surface area contributed by atoms with Crippen LogP contribution in [0.15, 0.2) is 78.4 Å². The van der Waals surface area contributed by atoms with Crippen molar-refractivity contribution >= 4 is 23.1 Å². The number of ether oxygens (including phenoxy) is 2. The topological polar surface area (TPSA) is 76.1 Å². The number of ketones is 1. The smallest absolute Gasteiger partial charge is 0.300 e. The molecule has 0 saturated carbocycles. The molecular formula is C29H29NO5. The number of aliphatic hydroxyl groups excluding tert-OH is 1. The van der Waals surface area contributed by atoms with E-state index in [1.807, 2.05) is 31.2 Å². The van der Waals surface area contributed by atoms with Crippen LogP contribution < -0.4 is 14.4 Å². The van der Waals surface area contributed by atoms with Gasteiger partial charge in [-0.1, -0.05) is 38.1 Å². The molecule has 1 aliphatic rings. The number of Topliss-reactive ketones (excluding diaryl/α,β-unsaturated/α-hetero) is 1. The molecule has 0 bridgehead atoms. The monoisotopic (exact) mass is 471 g/mol. The highest BCUT2D eigenvalue weighted by atomic mass is 16.5. The lowest BCUT2D eigenvalue weighted by molar-refractivity contribution is -0.132. The zero-order valence-electron chi connectivity index (χ0n) is 20.3. The number of methoxy groups -OCH3 is 1. The molecule has 3 aromatic carbocycles. The van der Waals surface area contributed by atoms with Crippen molar-refractivity contribution in [1.29, 1.82) is 0 Å². The van der Waals surface area contributed by atoms with Crippen LogP contribution in [-0.4, -0.2) is 30.5 Å². The van der Waals surface area contributed by atoms with Crippen LogP contribution in [0.3, 0.4) is 0 Å². The predicted molar refractivity (Wildman–Crippen MR) is 136 cm³/mol. The molecule has 4 rings (SSSR count). The second-order valence-corrected chi connectivity index (χ2v) is 8.95. The molecule has 3 aromatic rings. The van der Waals surface area contributed by atoms with Crippen LogP contribution in [0, 0.1) is 12.8 Å². The van der Waals surface area contributed by atoms with E-state index in [9.17, 15) is 14.7 Å². The molecular weight excluding hydrogens is 442 g/mol. The number of amides is 1. The number of anilines is 1. The summed E-state index contributed by atoms with van der Waals surface area (Å²) >= 11 is 0. The van der Waals surface area contributed by atoms with Crippen molar-refractivity contribution < 1.29 is 24.2 Å². The summed E-state index contributed by atoms with van der Waals surface area (Å²) in [6.07, 6.45) is 0. The van der Waals surface area contributed by atoms with Gasteiger partial charge in [0.05, 0.1) is 25.3 Å². The maximum atomic E-state index is 13.3. The van der Waals surface area contributed by atoms with E-state index >= 15 is 0 Å². The number of rotatable bonds is 7. The molecule has 1 aliphatic heterocycles. The summed E-state index contributed by atoms with van der Waals surface area (Å²) in [6, 6.07) is 20.6. The van der Waals surface area contributed by atoms with Gasteiger partial charge in [-0.15, -0.1) is 0 Å². The van der Waals surface area contributed by atoms with Gasteiger partial charge in [0.15, 0.2) is 0 Å². The highest BCUT2D eigenvalue weighted by Gasteiger charge is 2.47. The van der Waals surface area contributed by atoms with Crippen LogP contribution in [0.25, 0.3) is 5.76 Å². The van der Waals surface area contributed by atoms with E-state index in [1.165, 1.54) is 4.90 Å². The van der Waals surface area contributed by atoms with E-state index in [1.54, 1.807) is 55.6 Å². The average Bonchev–Trinajstić information content (AvgIpc) is 3.13. The minimum atomic E-state index is -0.776. The molecule has 6 heteroatoms. The van der Waals surface area contributed by atoms with E-state index in [4.69, 9.17) is 9.47 Å². The molecule has 0 spiro atoms. The molecule has 1 atom stereocenters. The van der Waals surface area contributed by atoms with E-state index in [-0.39, 0.29) is 11.3 Å². The van der Waals surface area contributed by atoms with E-state index in [2.05, 4.69) is 13.8 Å².